The van der Waals surface area contributed by atoms with E-state index in [1.807, 2.05) is 0 Å². The molecule has 1 rings (SSSR count). The third-order valence-electron chi connectivity index (χ3n) is 2.14. The Balaban J connectivity index is 2.75. The number of ether oxygens (including phenoxy) is 2. The van der Waals surface area contributed by atoms with Crippen LogP contribution in [0.5, 0.6) is 0 Å². The summed E-state index contributed by atoms with van der Waals surface area (Å²) < 4.78 is 9.69. The van der Waals surface area contributed by atoms with Crippen molar-refractivity contribution < 1.29 is 34.7 Å². The van der Waals surface area contributed by atoms with Crippen molar-refractivity contribution in [2.45, 2.75) is 37.6 Å². The number of carboxylic acid groups (broad SMARTS) is 1. The maximum atomic E-state index is 10.6. The predicted molar refractivity (Wildman–Crippen MR) is 45.9 cm³/mol. The Labute approximate surface area is 85.9 Å². The molecule has 0 bridgehead atoms. The van der Waals surface area contributed by atoms with E-state index in [2.05, 4.69) is 0 Å². The van der Waals surface area contributed by atoms with Crippen LogP contribution in [0.3, 0.4) is 0 Å². The Bertz CT molecular complexity index is 231. The van der Waals surface area contributed by atoms with E-state index in [1.54, 1.807) is 6.92 Å². The first kappa shape index (κ1) is 12.3. The van der Waals surface area contributed by atoms with Crippen LogP contribution in [0.4, 0.5) is 0 Å². The number of aliphatic carboxylic acids is 1. The van der Waals surface area contributed by atoms with Crippen molar-refractivity contribution in [2.75, 3.05) is 6.61 Å². The van der Waals surface area contributed by atoms with Gasteiger partial charge in [0.25, 0.3) is 0 Å². The molecule has 0 aromatic rings. The van der Waals surface area contributed by atoms with E-state index in [4.69, 9.17) is 14.6 Å². The Kier molecular flexibility index (Phi) is 4.00. The van der Waals surface area contributed by atoms with E-state index in [0.29, 0.717) is 0 Å². The van der Waals surface area contributed by atoms with Crippen LogP contribution in [0.2, 0.25) is 0 Å². The van der Waals surface area contributed by atoms with Crippen molar-refractivity contribution in [3.8, 4) is 0 Å². The minimum atomic E-state index is -1.67. The molecule has 0 saturated carbocycles. The standard InChI is InChI=1S/C8H14O7/c1-2-14-8-5(11)3(9)4(10)6(15-8)7(12)13/h3-6,8-11H,2H2,1H3,(H,12,13). The molecule has 15 heavy (non-hydrogen) atoms. The molecule has 1 aliphatic heterocycles. The summed E-state index contributed by atoms with van der Waals surface area (Å²) in [5.41, 5.74) is 0. The highest BCUT2D eigenvalue weighted by molar-refractivity contribution is 5.73. The van der Waals surface area contributed by atoms with E-state index in [0.717, 1.165) is 0 Å². The van der Waals surface area contributed by atoms with Crippen molar-refractivity contribution >= 4 is 5.97 Å². The van der Waals surface area contributed by atoms with Gasteiger partial charge in [0.2, 0.25) is 0 Å². The number of hydrogen-bond donors (Lipinski definition) is 4. The molecule has 1 saturated heterocycles. The Hall–Kier alpha value is -0.730. The summed E-state index contributed by atoms with van der Waals surface area (Å²) in [6, 6.07) is 0. The summed E-state index contributed by atoms with van der Waals surface area (Å²) in [7, 11) is 0. The van der Waals surface area contributed by atoms with Crippen molar-refractivity contribution in [3.63, 3.8) is 0 Å². The van der Waals surface area contributed by atoms with E-state index in [-0.39, 0.29) is 6.61 Å². The van der Waals surface area contributed by atoms with Crippen LogP contribution in [0.25, 0.3) is 0 Å². The van der Waals surface area contributed by atoms with Crippen LogP contribution in [-0.2, 0) is 14.3 Å². The average molecular weight is 222 g/mol. The number of aliphatic hydroxyl groups excluding tert-OH is 3. The van der Waals surface area contributed by atoms with E-state index < -0.39 is 36.7 Å². The molecule has 1 aliphatic rings. The summed E-state index contributed by atoms with van der Waals surface area (Å²) in [4.78, 5) is 10.6. The molecule has 5 atom stereocenters. The first-order valence-electron chi connectivity index (χ1n) is 4.53. The Morgan fingerprint density at radius 1 is 1.27 bits per heavy atom. The van der Waals surface area contributed by atoms with Crippen LogP contribution >= 0.6 is 0 Å². The summed E-state index contributed by atoms with van der Waals surface area (Å²) in [5, 5.41) is 36.7. The molecule has 1 heterocycles. The van der Waals surface area contributed by atoms with E-state index in [1.165, 1.54) is 0 Å². The molecule has 7 nitrogen and oxygen atoms in total. The smallest absolute Gasteiger partial charge is 0.335 e. The first-order chi connectivity index (χ1) is 6.99. The molecule has 0 aliphatic carbocycles. The lowest BCUT2D eigenvalue weighted by atomic mass is 9.99. The fourth-order valence-electron chi connectivity index (χ4n) is 1.35. The van der Waals surface area contributed by atoms with Crippen LogP contribution in [0, 0.1) is 0 Å². The van der Waals surface area contributed by atoms with Gasteiger partial charge in [0.15, 0.2) is 12.4 Å². The second kappa shape index (κ2) is 4.86. The monoisotopic (exact) mass is 222 g/mol. The SMILES string of the molecule is CCOC1OC(C(=O)O)C(O)C(O)C1O. The Morgan fingerprint density at radius 2 is 1.87 bits per heavy atom. The van der Waals surface area contributed by atoms with Gasteiger partial charge in [-0.1, -0.05) is 0 Å². The van der Waals surface area contributed by atoms with Gasteiger partial charge < -0.3 is 29.9 Å². The fourth-order valence-corrected chi connectivity index (χ4v) is 1.35. The molecule has 0 spiro atoms. The zero-order valence-electron chi connectivity index (χ0n) is 8.11. The molecule has 5 unspecified atom stereocenters. The second-order valence-electron chi connectivity index (χ2n) is 3.19. The normalized spacial score (nSPS) is 41.5. The molecular weight excluding hydrogens is 208 g/mol. The van der Waals surface area contributed by atoms with Crippen molar-refractivity contribution in [2.24, 2.45) is 0 Å². The molecule has 0 aromatic heterocycles. The third-order valence-corrected chi connectivity index (χ3v) is 2.14. The summed E-state index contributed by atoms with van der Waals surface area (Å²) in [6.45, 7) is 1.82. The molecule has 0 aromatic carbocycles. The van der Waals surface area contributed by atoms with Gasteiger partial charge in [-0.05, 0) is 6.92 Å². The van der Waals surface area contributed by atoms with Gasteiger partial charge in [-0.25, -0.2) is 4.79 Å². The third kappa shape index (κ3) is 2.44. The highest BCUT2D eigenvalue weighted by Gasteiger charge is 2.47. The van der Waals surface area contributed by atoms with Crippen LogP contribution in [0.1, 0.15) is 6.92 Å². The van der Waals surface area contributed by atoms with Gasteiger partial charge in [-0.15, -0.1) is 0 Å². The highest BCUT2D eigenvalue weighted by atomic mass is 16.7. The predicted octanol–water partition coefficient (Wildman–Crippen LogP) is -2.08. The number of rotatable bonds is 3. The van der Waals surface area contributed by atoms with Crippen LogP contribution < -0.4 is 0 Å². The lowest BCUT2D eigenvalue weighted by Gasteiger charge is -2.38. The van der Waals surface area contributed by atoms with Crippen molar-refractivity contribution in [1.29, 1.82) is 0 Å². The largest absolute Gasteiger partial charge is 0.479 e. The number of aliphatic hydroxyl groups is 3. The van der Waals surface area contributed by atoms with Gasteiger partial charge >= 0.3 is 5.97 Å². The summed E-state index contributed by atoms with van der Waals surface area (Å²) in [5.74, 6) is -1.42. The molecular formula is C8H14O7. The average Bonchev–Trinajstić information content (AvgIpc) is 2.18. The quantitative estimate of drug-likeness (QED) is 0.432. The summed E-state index contributed by atoms with van der Waals surface area (Å²) >= 11 is 0. The molecule has 7 heteroatoms. The molecule has 0 radical (unpaired) electrons. The lowest BCUT2D eigenvalue weighted by Crippen LogP contribution is -2.60. The first-order valence-corrected chi connectivity index (χ1v) is 4.53. The molecule has 0 amide bonds. The Morgan fingerprint density at radius 3 is 2.33 bits per heavy atom. The molecule has 88 valence electrons. The van der Waals surface area contributed by atoms with Gasteiger partial charge in [-0.2, -0.15) is 0 Å². The highest BCUT2D eigenvalue weighted by Crippen LogP contribution is 2.22. The molecule has 4 N–H and O–H groups in total. The molecule has 1 fully saturated rings. The van der Waals surface area contributed by atoms with E-state index in [9.17, 15) is 20.1 Å². The van der Waals surface area contributed by atoms with Crippen molar-refractivity contribution in [3.05, 3.63) is 0 Å². The summed E-state index contributed by atoms with van der Waals surface area (Å²) in [6.07, 6.45) is -7.57. The van der Waals surface area contributed by atoms with E-state index >= 15 is 0 Å². The maximum absolute atomic E-state index is 10.6. The van der Waals surface area contributed by atoms with Crippen LogP contribution in [0.15, 0.2) is 0 Å². The number of hydrogen-bond acceptors (Lipinski definition) is 6. The number of carbonyl (C=O) groups is 1. The van der Waals surface area contributed by atoms with Gasteiger partial charge in [0.05, 0.1) is 0 Å². The van der Waals surface area contributed by atoms with Gasteiger partial charge in [-0.3, -0.25) is 0 Å². The van der Waals surface area contributed by atoms with Crippen molar-refractivity contribution in [1.82, 2.24) is 0 Å². The number of carboxylic acids is 1. The zero-order valence-corrected chi connectivity index (χ0v) is 8.11. The zero-order chi connectivity index (χ0) is 11.6. The minimum Gasteiger partial charge on any atom is -0.479 e. The van der Waals surface area contributed by atoms with Gasteiger partial charge in [0.1, 0.15) is 18.3 Å². The van der Waals surface area contributed by atoms with Gasteiger partial charge in [0, 0.05) is 6.61 Å². The minimum absolute atomic E-state index is 0.191. The lowest BCUT2D eigenvalue weighted by molar-refractivity contribution is -0.292. The maximum Gasteiger partial charge on any atom is 0.335 e. The topological polar surface area (TPSA) is 116 Å². The van der Waals surface area contributed by atoms with Crippen LogP contribution in [-0.4, -0.2) is 63.7 Å². The second-order valence-corrected chi connectivity index (χ2v) is 3.19. The fraction of sp³-hybridized carbons (Fsp3) is 0.875.